The van der Waals surface area contributed by atoms with Gasteiger partial charge in [0, 0.05) is 6.42 Å². The van der Waals surface area contributed by atoms with Gasteiger partial charge in [0.05, 0.1) is 19.8 Å². The molecule has 1 aliphatic rings. The molecule has 2 N–H and O–H groups in total. The molecule has 1 aromatic rings. The van der Waals surface area contributed by atoms with E-state index in [2.05, 4.69) is 10.1 Å². The van der Waals surface area contributed by atoms with E-state index in [9.17, 15) is 0 Å². The van der Waals surface area contributed by atoms with Crippen molar-refractivity contribution in [1.82, 2.24) is 10.1 Å². The highest BCUT2D eigenvalue weighted by molar-refractivity contribution is 4.92. The molecule has 1 saturated heterocycles. The average molecular weight is 255 g/mol. The lowest BCUT2D eigenvalue weighted by Gasteiger charge is -2.19. The van der Waals surface area contributed by atoms with Gasteiger partial charge in [-0.1, -0.05) is 18.0 Å². The molecule has 0 amide bonds. The van der Waals surface area contributed by atoms with Gasteiger partial charge in [-0.2, -0.15) is 4.98 Å². The Bertz CT molecular complexity index is 337. The maximum atomic E-state index is 5.51. The van der Waals surface area contributed by atoms with E-state index in [1.807, 2.05) is 0 Å². The van der Waals surface area contributed by atoms with Gasteiger partial charge in [0.25, 0.3) is 0 Å². The number of aromatic nitrogens is 2. The third-order valence-corrected chi connectivity index (χ3v) is 2.93. The lowest BCUT2D eigenvalue weighted by atomic mass is 10.1. The van der Waals surface area contributed by atoms with Crippen molar-refractivity contribution in [3.05, 3.63) is 11.7 Å². The number of hydrogen-bond acceptors (Lipinski definition) is 6. The molecule has 0 aliphatic carbocycles. The Hall–Kier alpha value is -0.980. The summed E-state index contributed by atoms with van der Waals surface area (Å²) >= 11 is 0. The van der Waals surface area contributed by atoms with Crippen molar-refractivity contribution in [3.8, 4) is 0 Å². The zero-order valence-corrected chi connectivity index (χ0v) is 10.6. The van der Waals surface area contributed by atoms with E-state index in [0.29, 0.717) is 31.5 Å². The zero-order valence-electron chi connectivity index (χ0n) is 10.6. The van der Waals surface area contributed by atoms with Crippen molar-refractivity contribution >= 4 is 0 Å². The molecule has 1 atom stereocenters. The summed E-state index contributed by atoms with van der Waals surface area (Å²) in [4.78, 5) is 4.34. The maximum Gasteiger partial charge on any atom is 0.226 e. The van der Waals surface area contributed by atoms with Crippen molar-refractivity contribution in [2.24, 2.45) is 5.73 Å². The lowest BCUT2D eigenvalue weighted by Crippen LogP contribution is -2.22. The second kappa shape index (κ2) is 7.45. The van der Waals surface area contributed by atoms with Crippen LogP contribution in [0.1, 0.15) is 43.5 Å². The quantitative estimate of drug-likeness (QED) is 0.737. The van der Waals surface area contributed by atoms with Crippen LogP contribution in [0.15, 0.2) is 4.52 Å². The molecule has 102 valence electrons. The molecule has 0 saturated carbocycles. The first-order chi connectivity index (χ1) is 8.90. The predicted octanol–water partition coefficient (Wildman–Crippen LogP) is 1.22. The first-order valence-corrected chi connectivity index (χ1v) is 6.62. The molecule has 0 radical (unpaired) electrons. The van der Waals surface area contributed by atoms with E-state index < -0.39 is 0 Å². The van der Waals surface area contributed by atoms with Crippen LogP contribution >= 0.6 is 0 Å². The topological polar surface area (TPSA) is 83.4 Å². The Morgan fingerprint density at radius 1 is 1.17 bits per heavy atom. The van der Waals surface area contributed by atoms with Gasteiger partial charge in [-0.25, -0.2) is 0 Å². The molecule has 2 heterocycles. The van der Waals surface area contributed by atoms with Gasteiger partial charge in [-0.15, -0.1) is 0 Å². The third kappa shape index (κ3) is 4.04. The summed E-state index contributed by atoms with van der Waals surface area (Å²) < 4.78 is 16.0. The van der Waals surface area contributed by atoms with Gasteiger partial charge in [0.15, 0.2) is 0 Å². The Kier molecular flexibility index (Phi) is 5.57. The van der Waals surface area contributed by atoms with E-state index in [1.165, 1.54) is 0 Å². The first-order valence-electron chi connectivity index (χ1n) is 6.62. The molecule has 1 aliphatic heterocycles. The number of rotatable bonds is 7. The molecular weight excluding hydrogens is 234 g/mol. The van der Waals surface area contributed by atoms with Crippen molar-refractivity contribution in [1.29, 1.82) is 0 Å². The zero-order chi connectivity index (χ0) is 12.6. The fraction of sp³-hybridized carbons (Fsp3) is 0.833. The third-order valence-electron chi connectivity index (χ3n) is 2.93. The normalized spacial score (nSPS) is 20.2. The van der Waals surface area contributed by atoms with Gasteiger partial charge < -0.3 is 19.7 Å². The highest BCUT2D eigenvalue weighted by atomic mass is 16.6. The molecule has 1 unspecified atom stereocenters. The van der Waals surface area contributed by atoms with Crippen LogP contribution in [-0.4, -0.2) is 36.5 Å². The molecule has 6 nitrogen and oxygen atoms in total. The number of aryl methyl sites for hydroxylation is 1. The SMILES string of the molecule is NCCCCCCc1nc(C2COCCO2)no1. The molecule has 1 aromatic heterocycles. The number of unbranched alkanes of at least 4 members (excludes halogenated alkanes) is 3. The molecule has 2 rings (SSSR count). The van der Waals surface area contributed by atoms with Crippen LogP contribution in [0.4, 0.5) is 0 Å². The smallest absolute Gasteiger partial charge is 0.226 e. The van der Waals surface area contributed by atoms with Crippen LogP contribution in [0.25, 0.3) is 0 Å². The minimum absolute atomic E-state index is 0.173. The fourth-order valence-corrected chi connectivity index (χ4v) is 1.91. The predicted molar refractivity (Wildman–Crippen MR) is 65.0 cm³/mol. The number of nitrogens with two attached hydrogens (primary N) is 1. The molecule has 6 heteroatoms. The Balaban J connectivity index is 1.72. The minimum Gasteiger partial charge on any atom is -0.376 e. The van der Waals surface area contributed by atoms with Crippen molar-refractivity contribution in [2.75, 3.05) is 26.4 Å². The van der Waals surface area contributed by atoms with Gasteiger partial charge in [-0.05, 0) is 19.4 Å². The summed E-state index contributed by atoms with van der Waals surface area (Å²) in [5.41, 5.74) is 5.44. The Morgan fingerprint density at radius 2 is 2.06 bits per heavy atom. The minimum atomic E-state index is -0.173. The van der Waals surface area contributed by atoms with Crippen LogP contribution in [0.5, 0.6) is 0 Å². The number of nitrogens with zero attached hydrogens (tertiary/aromatic N) is 2. The Labute approximate surface area is 107 Å². The molecule has 0 bridgehead atoms. The summed E-state index contributed by atoms with van der Waals surface area (Å²) in [5.74, 6) is 1.29. The van der Waals surface area contributed by atoms with Gasteiger partial charge in [-0.3, -0.25) is 0 Å². The van der Waals surface area contributed by atoms with Crippen LogP contribution in [0, 0.1) is 0 Å². The number of hydrogen-bond donors (Lipinski definition) is 1. The summed E-state index contributed by atoms with van der Waals surface area (Å²) in [6.07, 6.45) is 5.11. The summed E-state index contributed by atoms with van der Waals surface area (Å²) in [6, 6.07) is 0. The molecule has 1 fully saturated rings. The van der Waals surface area contributed by atoms with Gasteiger partial charge >= 0.3 is 0 Å². The van der Waals surface area contributed by atoms with Crippen LogP contribution in [-0.2, 0) is 15.9 Å². The highest BCUT2D eigenvalue weighted by Crippen LogP contribution is 2.18. The van der Waals surface area contributed by atoms with Crippen LogP contribution in [0.3, 0.4) is 0 Å². The van der Waals surface area contributed by atoms with E-state index in [-0.39, 0.29) is 6.10 Å². The molecular formula is C12H21N3O3. The van der Waals surface area contributed by atoms with Crippen LogP contribution in [0.2, 0.25) is 0 Å². The standard InChI is InChI=1S/C12H21N3O3/c13-6-4-2-1-3-5-11-14-12(15-18-11)10-9-16-7-8-17-10/h10H,1-9,13H2. The molecule has 0 spiro atoms. The second-order valence-corrected chi connectivity index (χ2v) is 4.43. The van der Waals surface area contributed by atoms with E-state index in [1.54, 1.807) is 0 Å². The van der Waals surface area contributed by atoms with Gasteiger partial charge in [0.1, 0.15) is 6.10 Å². The summed E-state index contributed by atoms with van der Waals surface area (Å²) in [6.45, 7) is 2.51. The first kappa shape index (κ1) is 13.5. The van der Waals surface area contributed by atoms with Crippen molar-refractivity contribution < 1.29 is 14.0 Å². The van der Waals surface area contributed by atoms with Crippen LogP contribution < -0.4 is 5.73 Å². The Morgan fingerprint density at radius 3 is 2.83 bits per heavy atom. The lowest BCUT2D eigenvalue weighted by molar-refractivity contribution is -0.0941. The van der Waals surface area contributed by atoms with E-state index in [4.69, 9.17) is 19.7 Å². The second-order valence-electron chi connectivity index (χ2n) is 4.43. The molecule has 0 aromatic carbocycles. The maximum absolute atomic E-state index is 5.51. The molecule has 18 heavy (non-hydrogen) atoms. The highest BCUT2D eigenvalue weighted by Gasteiger charge is 2.22. The van der Waals surface area contributed by atoms with E-state index in [0.717, 1.165) is 38.6 Å². The average Bonchev–Trinajstić information content (AvgIpc) is 2.88. The van der Waals surface area contributed by atoms with Crippen molar-refractivity contribution in [3.63, 3.8) is 0 Å². The summed E-state index contributed by atoms with van der Waals surface area (Å²) in [7, 11) is 0. The largest absolute Gasteiger partial charge is 0.376 e. The van der Waals surface area contributed by atoms with E-state index >= 15 is 0 Å². The monoisotopic (exact) mass is 255 g/mol. The summed E-state index contributed by atoms with van der Waals surface area (Å²) in [5, 5.41) is 3.94. The van der Waals surface area contributed by atoms with Gasteiger partial charge in [0.2, 0.25) is 11.7 Å². The van der Waals surface area contributed by atoms with Crippen molar-refractivity contribution in [2.45, 2.75) is 38.2 Å². The number of ether oxygens (including phenoxy) is 2. The fourth-order valence-electron chi connectivity index (χ4n) is 1.91.